The summed E-state index contributed by atoms with van der Waals surface area (Å²) in [4.78, 5) is 14.8. The summed E-state index contributed by atoms with van der Waals surface area (Å²) in [5, 5.41) is 3.44. The van der Waals surface area contributed by atoms with Gasteiger partial charge >= 0.3 is 0 Å². The zero-order valence-electron chi connectivity index (χ0n) is 12.3. The Kier molecular flexibility index (Phi) is 3.79. The molecule has 0 bridgehead atoms. The van der Waals surface area contributed by atoms with E-state index in [1.165, 1.54) is 12.0 Å². The SMILES string of the molecule is CC1(C(=O)N2CCC(c3ccccc3)C2)CCCCN1. The number of piperidine rings is 1. The summed E-state index contributed by atoms with van der Waals surface area (Å²) in [6.07, 6.45) is 4.41. The minimum absolute atomic E-state index is 0.302. The van der Waals surface area contributed by atoms with E-state index in [2.05, 4.69) is 41.4 Å². The first-order valence-electron chi connectivity index (χ1n) is 7.78. The highest BCUT2D eigenvalue weighted by molar-refractivity contribution is 5.86. The van der Waals surface area contributed by atoms with Crippen molar-refractivity contribution in [2.45, 2.75) is 44.1 Å². The van der Waals surface area contributed by atoms with Crippen LogP contribution in [0.2, 0.25) is 0 Å². The molecule has 3 rings (SSSR count). The lowest BCUT2D eigenvalue weighted by molar-refractivity contribution is -0.137. The van der Waals surface area contributed by atoms with E-state index in [1.807, 2.05) is 6.07 Å². The number of nitrogens with one attached hydrogen (secondary N) is 1. The fraction of sp³-hybridized carbons (Fsp3) is 0.588. The van der Waals surface area contributed by atoms with Crippen molar-refractivity contribution in [3.05, 3.63) is 35.9 Å². The Bertz CT molecular complexity index is 465. The van der Waals surface area contributed by atoms with Crippen LogP contribution < -0.4 is 5.32 Å². The molecular formula is C17H24N2O. The molecule has 0 spiro atoms. The Balaban J connectivity index is 1.66. The topological polar surface area (TPSA) is 32.3 Å². The zero-order valence-corrected chi connectivity index (χ0v) is 12.3. The van der Waals surface area contributed by atoms with Gasteiger partial charge in [0.1, 0.15) is 0 Å². The molecule has 0 radical (unpaired) electrons. The Labute approximate surface area is 121 Å². The van der Waals surface area contributed by atoms with Gasteiger partial charge in [-0.05, 0) is 44.7 Å². The predicted molar refractivity (Wildman–Crippen MR) is 80.6 cm³/mol. The van der Waals surface area contributed by atoms with E-state index in [0.29, 0.717) is 11.8 Å². The molecule has 0 aliphatic carbocycles. The van der Waals surface area contributed by atoms with E-state index >= 15 is 0 Å². The molecule has 1 N–H and O–H groups in total. The van der Waals surface area contributed by atoms with Gasteiger partial charge in [-0.3, -0.25) is 4.79 Å². The third kappa shape index (κ3) is 2.59. The molecule has 2 unspecified atom stereocenters. The molecule has 1 amide bonds. The quantitative estimate of drug-likeness (QED) is 0.897. The molecule has 108 valence electrons. The van der Waals surface area contributed by atoms with Crippen molar-refractivity contribution in [2.75, 3.05) is 19.6 Å². The average Bonchev–Trinajstić information content (AvgIpc) is 2.98. The summed E-state index contributed by atoms with van der Waals surface area (Å²) in [6, 6.07) is 10.6. The monoisotopic (exact) mass is 272 g/mol. The highest BCUT2D eigenvalue weighted by Crippen LogP contribution is 2.30. The van der Waals surface area contributed by atoms with Crippen LogP contribution in [0.4, 0.5) is 0 Å². The van der Waals surface area contributed by atoms with Gasteiger partial charge in [0.25, 0.3) is 0 Å². The van der Waals surface area contributed by atoms with E-state index in [-0.39, 0.29) is 5.54 Å². The second kappa shape index (κ2) is 5.57. The summed E-state index contributed by atoms with van der Waals surface area (Å²) >= 11 is 0. The summed E-state index contributed by atoms with van der Waals surface area (Å²) in [7, 11) is 0. The minimum Gasteiger partial charge on any atom is -0.340 e. The number of hydrogen-bond donors (Lipinski definition) is 1. The molecule has 20 heavy (non-hydrogen) atoms. The number of hydrogen-bond acceptors (Lipinski definition) is 2. The van der Waals surface area contributed by atoms with Gasteiger partial charge in [-0.15, -0.1) is 0 Å². The molecule has 2 atom stereocenters. The molecule has 3 heteroatoms. The number of carbonyl (C=O) groups excluding carboxylic acids is 1. The Morgan fingerprint density at radius 1 is 1.30 bits per heavy atom. The van der Waals surface area contributed by atoms with Crippen LogP contribution in [-0.4, -0.2) is 36.0 Å². The third-order valence-electron chi connectivity index (χ3n) is 4.84. The summed E-state index contributed by atoms with van der Waals surface area (Å²) < 4.78 is 0. The standard InChI is InChI=1S/C17H24N2O/c1-17(10-5-6-11-18-17)16(20)19-12-9-15(13-19)14-7-3-2-4-8-14/h2-4,7-8,15,18H,5-6,9-13H2,1H3. The maximum atomic E-state index is 12.8. The van der Waals surface area contributed by atoms with Gasteiger partial charge in [-0.25, -0.2) is 0 Å². The number of benzene rings is 1. The number of rotatable bonds is 2. The van der Waals surface area contributed by atoms with E-state index < -0.39 is 0 Å². The van der Waals surface area contributed by atoms with Gasteiger partial charge in [0, 0.05) is 19.0 Å². The van der Waals surface area contributed by atoms with Crippen LogP contribution >= 0.6 is 0 Å². The first kappa shape index (κ1) is 13.6. The van der Waals surface area contributed by atoms with Crippen LogP contribution in [0.1, 0.15) is 44.1 Å². The normalized spacial score (nSPS) is 30.4. The first-order valence-corrected chi connectivity index (χ1v) is 7.78. The lowest BCUT2D eigenvalue weighted by atomic mass is 9.89. The summed E-state index contributed by atoms with van der Waals surface area (Å²) in [5.41, 5.74) is 1.04. The Morgan fingerprint density at radius 2 is 2.10 bits per heavy atom. The van der Waals surface area contributed by atoms with E-state index in [1.54, 1.807) is 0 Å². The molecular weight excluding hydrogens is 248 g/mol. The van der Waals surface area contributed by atoms with Crippen LogP contribution in [0, 0.1) is 0 Å². The van der Waals surface area contributed by atoms with Gasteiger partial charge in [-0.1, -0.05) is 30.3 Å². The van der Waals surface area contributed by atoms with Crippen molar-refractivity contribution in [2.24, 2.45) is 0 Å². The molecule has 2 aliphatic rings. The highest BCUT2D eigenvalue weighted by atomic mass is 16.2. The number of likely N-dealkylation sites (tertiary alicyclic amines) is 1. The van der Waals surface area contributed by atoms with Gasteiger partial charge in [0.05, 0.1) is 5.54 Å². The molecule has 2 aliphatic heterocycles. The van der Waals surface area contributed by atoms with Crippen LogP contribution in [0.5, 0.6) is 0 Å². The van der Waals surface area contributed by atoms with Crippen LogP contribution in [-0.2, 0) is 4.79 Å². The van der Waals surface area contributed by atoms with Crippen LogP contribution in [0.25, 0.3) is 0 Å². The summed E-state index contributed by atoms with van der Waals surface area (Å²) in [5.74, 6) is 0.808. The number of nitrogens with zero attached hydrogens (tertiary/aromatic N) is 1. The van der Waals surface area contributed by atoms with E-state index in [0.717, 1.165) is 38.9 Å². The average molecular weight is 272 g/mol. The molecule has 2 heterocycles. The molecule has 1 aromatic rings. The van der Waals surface area contributed by atoms with Gasteiger partial charge < -0.3 is 10.2 Å². The van der Waals surface area contributed by atoms with E-state index in [4.69, 9.17) is 0 Å². The first-order chi connectivity index (χ1) is 9.69. The fourth-order valence-corrected chi connectivity index (χ4v) is 3.53. The van der Waals surface area contributed by atoms with Gasteiger partial charge in [0.2, 0.25) is 5.91 Å². The maximum Gasteiger partial charge on any atom is 0.242 e. The summed E-state index contributed by atoms with van der Waals surface area (Å²) in [6.45, 7) is 4.82. The molecule has 1 aromatic carbocycles. The minimum atomic E-state index is -0.330. The van der Waals surface area contributed by atoms with Crippen molar-refractivity contribution in [1.29, 1.82) is 0 Å². The highest BCUT2D eigenvalue weighted by Gasteiger charge is 2.39. The van der Waals surface area contributed by atoms with Gasteiger partial charge in [0.15, 0.2) is 0 Å². The van der Waals surface area contributed by atoms with Crippen LogP contribution in [0.3, 0.4) is 0 Å². The third-order valence-corrected chi connectivity index (χ3v) is 4.84. The second-order valence-corrected chi connectivity index (χ2v) is 6.36. The lowest BCUT2D eigenvalue weighted by Crippen LogP contribution is -2.57. The van der Waals surface area contributed by atoms with Crippen molar-refractivity contribution < 1.29 is 4.79 Å². The fourth-order valence-electron chi connectivity index (χ4n) is 3.53. The zero-order chi connectivity index (χ0) is 14.0. The van der Waals surface area contributed by atoms with Crippen molar-refractivity contribution in [3.8, 4) is 0 Å². The molecule has 2 saturated heterocycles. The Morgan fingerprint density at radius 3 is 2.80 bits per heavy atom. The van der Waals surface area contributed by atoms with Crippen LogP contribution in [0.15, 0.2) is 30.3 Å². The molecule has 0 aromatic heterocycles. The molecule has 2 fully saturated rings. The number of carbonyl (C=O) groups is 1. The largest absolute Gasteiger partial charge is 0.340 e. The molecule has 3 nitrogen and oxygen atoms in total. The van der Waals surface area contributed by atoms with Crippen molar-refractivity contribution >= 4 is 5.91 Å². The smallest absolute Gasteiger partial charge is 0.242 e. The predicted octanol–water partition coefficient (Wildman–Crippen LogP) is 2.53. The van der Waals surface area contributed by atoms with Gasteiger partial charge in [-0.2, -0.15) is 0 Å². The Hall–Kier alpha value is -1.35. The lowest BCUT2D eigenvalue weighted by Gasteiger charge is -2.36. The van der Waals surface area contributed by atoms with E-state index in [9.17, 15) is 4.79 Å². The maximum absolute atomic E-state index is 12.8. The van der Waals surface area contributed by atoms with Crippen molar-refractivity contribution in [1.82, 2.24) is 10.2 Å². The molecule has 0 saturated carbocycles. The van der Waals surface area contributed by atoms with Crippen molar-refractivity contribution in [3.63, 3.8) is 0 Å². The number of amides is 1. The second-order valence-electron chi connectivity index (χ2n) is 6.36.